The fourth-order valence-corrected chi connectivity index (χ4v) is 2.69. The first-order chi connectivity index (χ1) is 7.47. The molecule has 0 aliphatic carbocycles. The molecule has 0 fully saturated rings. The smallest absolute Gasteiger partial charge is 0.147 e. The van der Waals surface area contributed by atoms with Crippen LogP contribution in [0.1, 0.15) is 24.1 Å². The largest absolute Gasteiger partial charge is 0.300 e. The fourth-order valence-electron chi connectivity index (χ4n) is 1.34. The number of rotatable bonds is 7. The van der Waals surface area contributed by atoms with E-state index in [1.165, 1.54) is 4.88 Å². The van der Waals surface area contributed by atoms with E-state index in [1.807, 2.05) is 17.5 Å². The van der Waals surface area contributed by atoms with Crippen LogP contribution >= 0.6 is 11.3 Å². The Kier molecular flexibility index (Phi) is 5.15. The second kappa shape index (κ2) is 6.15. The molecule has 0 saturated heterocycles. The van der Waals surface area contributed by atoms with Gasteiger partial charge in [-0.3, -0.25) is 4.79 Å². The third kappa shape index (κ3) is 6.02. The number of carbonyl (C=O) groups is 1. The van der Waals surface area contributed by atoms with Gasteiger partial charge in [-0.2, -0.15) is 0 Å². The van der Waals surface area contributed by atoms with Gasteiger partial charge in [0, 0.05) is 24.0 Å². The molecular formula is C11H16O3S2. The zero-order valence-electron chi connectivity index (χ0n) is 9.31. The normalized spacial score (nSPS) is 11.6. The maximum absolute atomic E-state index is 11.4. The summed E-state index contributed by atoms with van der Waals surface area (Å²) in [5.74, 6) is 0.0205. The molecule has 0 aromatic carbocycles. The molecule has 0 bridgehead atoms. The second-order valence-electron chi connectivity index (χ2n) is 3.85. The van der Waals surface area contributed by atoms with E-state index in [0.29, 0.717) is 6.42 Å². The molecule has 1 aromatic heterocycles. The fraction of sp³-hybridized carbons (Fsp3) is 0.545. The van der Waals surface area contributed by atoms with E-state index in [-0.39, 0.29) is 18.0 Å². The van der Waals surface area contributed by atoms with E-state index in [1.54, 1.807) is 11.3 Å². The molecule has 1 heterocycles. The minimum atomic E-state index is -3.01. The molecular weight excluding hydrogens is 244 g/mol. The van der Waals surface area contributed by atoms with E-state index in [2.05, 4.69) is 0 Å². The summed E-state index contributed by atoms with van der Waals surface area (Å²) >= 11 is 1.69. The van der Waals surface area contributed by atoms with Crippen molar-refractivity contribution < 1.29 is 13.2 Å². The molecule has 1 aromatic rings. The van der Waals surface area contributed by atoms with Crippen molar-refractivity contribution in [2.24, 2.45) is 0 Å². The molecule has 3 nitrogen and oxygen atoms in total. The third-order valence-corrected chi connectivity index (χ3v) is 4.09. The van der Waals surface area contributed by atoms with Gasteiger partial charge in [0.1, 0.15) is 15.6 Å². The summed E-state index contributed by atoms with van der Waals surface area (Å²) in [6, 6.07) is 4.04. The average molecular weight is 260 g/mol. The SMILES string of the molecule is CS(=O)(=O)CCC(=O)CCCc1cccs1. The lowest BCUT2D eigenvalue weighted by Crippen LogP contribution is -2.09. The Morgan fingerprint density at radius 3 is 2.69 bits per heavy atom. The van der Waals surface area contributed by atoms with Crippen LogP contribution in [0.5, 0.6) is 0 Å². The molecule has 0 amide bonds. The lowest BCUT2D eigenvalue weighted by atomic mass is 10.1. The minimum absolute atomic E-state index is 0.0230. The highest BCUT2D eigenvalue weighted by Crippen LogP contribution is 2.12. The number of sulfone groups is 1. The first kappa shape index (κ1) is 13.4. The van der Waals surface area contributed by atoms with E-state index >= 15 is 0 Å². The molecule has 16 heavy (non-hydrogen) atoms. The molecule has 0 N–H and O–H groups in total. The summed E-state index contributed by atoms with van der Waals surface area (Å²) in [4.78, 5) is 12.6. The summed E-state index contributed by atoms with van der Waals surface area (Å²) in [7, 11) is -3.01. The van der Waals surface area contributed by atoms with Crippen LogP contribution in [0, 0.1) is 0 Å². The van der Waals surface area contributed by atoms with Gasteiger partial charge in [0.05, 0.1) is 5.75 Å². The van der Waals surface area contributed by atoms with Gasteiger partial charge >= 0.3 is 0 Å². The van der Waals surface area contributed by atoms with Crippen LogP contribution in [-0.2, 0) is 21.1 Å². The number of thiophene rings is 1. The zero-order valence-corrected chi connectivity index (χ0v) is 10.9. The monoisotopic (exact) mass is 260 g/mol. The highest BCUT2D eigenvalue weighted by Gasteiger charge is 2.07. The van der Waals surface area contributed by atoms with Gasteiger partial charge in [-0.25, -0.2) is 8.42 Å². The van der Waals surface area contributed by atoms with Gasteiger partial charge in [0.25, 0.3) is 0 Å². The lowest BCUT2D eigenvalue weighted by molar-refractivity contribution is -0.118. The van der Waals surface area contributed by atoms with Crippen LogP contribution in [-0.4, -0.2) is 26.2 Å². The molecule has 0 atom stereocenters. The predicted molar refractivity (Wildman–Crippen MR) is 66.6 cm³/mol. The van der Waals surface area contributed by atoms with Crippen molar-refractivity contribution in [3.63, 3.8) is 0 Å². The van der Waals surface area contributed by atoms with E-state index in [0.717, 1.165) is 19.1 Å². The topological polar surface area (TPSA) is 51.2 Å². The second-order valence-corrected chi connectivity index (χ2v) is 7.14. The highest BCUT2D eigenvalue weighted by atomic mass is 32.2. The minimum Gasteiger partial charge on any atom is -0.300 e. The van der Waals surface area contributed by atoms with Gasteiger partial charge in [-0.15, -0.1) is 11.3 Å². The molecule has 0 radical (unpaired) electrons. The van der Waals surface area contributed by atoms with Crippen molar-refractivity contribution in [3.8, 4) is 0 Å². The number of hydrogen-bond donors (Lipinski definition) is 0. The molecule has 0 saturated carbocycles. The average Bonchev–Trinajstić information content (AvgIpc) is 2.66. The Bertz CT molecular complexity index is 418. The Hall–Kier alpha value is -0.680. The third-order valence-electron chi connectivity index (χ3n) is 2.21. The van der Waals surface area contributed by atoms with Crippen molar-refractivity contribution in [1.82, 2.24) is 0 Å². The standard InChI is InChI=1S/C11H16O3S2/c1-16(13,14)9-7-10(12)4-2-5-11-6-3-8-15-11/h3,6,8H,2,4-5,7,9H2,1H3. The van der Waals surface area contributed by atoms with Crippen molar-refractivity contribution in [1.29, 1.82) is 0 Å². The van der Waals surface area contributed by atoms with Crippen molar-refractivity contribution in [3.05, 3.63) is 22.4 Å². The van der Waals surface area contributed by atoms with Gasteiger partial charge < -0.3 is 0 Å². The number of hydrogen-bond acceptors (Lipinski definition) is 4. The highest BCUT2D eigenvalue weighted by molar-refractivity contribution is 7.90. The van der Waals surface area contributed by atoms with Crippen molar-refractivity contribution >= 4 is 27.0 Å². The van der Waals surface area contributed by atoms with Crippen LogP contribution in [0.4, 0.5) is 0 Å². The molecule has 90 valence electrons. The van der Waals surface area contributed by atoms with Gasteiger partial charge in [-0.05, 0) is 24.3 Å². The number of Topliss-reactive ketones (excluding diaryl/α,β-unsaturated/α-hetero) is 1. The van der Waals surface area contributed by atoms with Gasteiger partial charge in [0.15, 0.2) is 0 Å². The predicted octanol–water partition coefficient (Wildman–Crippen LogP) is 2.07. The Balaban J connectivity index is 2.16. The summed E-state index contributed by atoms with van der Waals surface area (Å²) in [5, 5.41) is 2.01. The van der Waals surface area contributed by atoms with E-state index in [9.17, 15) is 13.2 Å². The molecule has 5 heteroatoms. The quantitative estimate of drug-likeness (QED) is 0.754. The molecule has 0 unspecified atom stereocenters. The van der Waals surface area contributed by atoms with Gasteiger partial charge in [-0.1, -0.05) is 6.07 Å². The molecule has 0 aliphatic heterocycles. The maximum atomic E-state index is 11.4. The van der Waals surface area contributed by atoms with Crippen LogP contribution in [0.15, 0.2) is 17.5 Å². The van der Waals surface area contributed by atoms with Crippen molar-refractivity contribution in [2.45, 2.75) is 25.7 Å². The lowest BCUT2D eigenvalue weighted by Gasteiger charge is -1.99. The Morgan fingerprint density at radius 2 is 2.12 bits per heavy atom. The summed E-state index contributed by atoms with van der Waals surface area (Å²) in [6.45, 7) is 0. The Labute approximate surface area is 100 Å². The number of ketones is 1. The maximum Gasteiger partial charge on any atom is 0.147 e. The van der Waals surface area contributed by atoms with E-state index < -0.39 is 9.84 Å². The van der Waals surface area contributed by atoms with Gasteiger partial charge in [0.2, 0.25) is 0 Å². The molecule has 0 aliphatic rings. The summed E-state index contributed by atoms with van der Waals surface area (Å²) < 4.78 is 21.7. The molecule has 0 spiro atoms. The Morgan fingerprint density at radius 1 is 1.38 bits per heavy atom. The van der Waals surface area contributed by atoms with Crippen LogP contribution in [0.25, 0.3) is 0 Å². The summed E-state index contributed by atoms with van der Waals surface area (Å²) in [6.07, 6.45) is 3.51. The van der Waals surface area contributed by atoms with Crippen LogP contribution in [0.3, 0.4) is 0 Å². The zero-order chi connectivity index (χ0) is 12.0. The summed E-state index contributed by atoms with van der Waals surface area (Å²) in [5.41, 5.74) is 0. The van der Waals surface area contributed by atoms with Crippen molar-refractivity contribution in [2.75, 3.05) is 12.0 Å². The number of aryl methyl sites for hydroxylation is 1. The first-order valence-corrected chi connectivity index (χ1v) is 8.13. The van der Waals surface area contributed by atoms with Crippen LogP contribution < -0.4 is 0 Å². The first-order valence-electron chi connectivity index (χ1n) is 5.19. The molecule has 1 rings (SSSR count). The number of carbonyl (C=O) groups excluding carboxylic acids is 1. The van der Waals surface area contributed by atoms with E-state index in [4.69, 9.17) is 0 Å². The van der Waals surface area contributed by atoms with Crippen LogP contribution in [0.2, 0.25) is 0 Å².